The van der Waals surface area contributed by atoms with Crippen molar-refractivity contribution in [2.45, 2.75) is 6.54 Å². The molecule has 0 aromatic carbocycles. The predicted molar refractivity (Wildman–Crippen MR) is 59.2 cm³/mol. The molecule has 1 aliphatic rings. The Balaban J connectivity index is 1.89. The SMILES string of the molecule is CN1CCN(Cc2cnc(N)cn2)CC1. The summed E-state index contributed by atoms with van der Waals surface area (Å²) in [6.07, 6.45) is 3.37. The van der Waals surface area contributed by atoms with Gasteiger partial charge in [0.1, 0.15) is 5.82 Å². The van der Waals surface area contributed by atoms with Gasteiger partial charge in [-0.15, -0.1) is 0 Å². The summed E-state index contributed by atoms with van der Waals surface area (Å²) in [6.45, 7) is 5.33. The molecular weight excluding hydrogens is 190 g/mol. The summed E-state index contributed by atoms with van der Waals surface area (Å²) in [6, 6.07) is 0. The molecule has 5 nitrogen and oxygen atoms in total. The number of aromatic nitrogens is 2. The first kappa shape index (κ1) is 10.3. The van der Waals surface area contributed by atoms with E-state index in [2.05, 4.69) is 26.8 Å². The first-order valence-electron chi connectivity index (χ1n) is 5.21. The molecular formula is C10H17N5. The monoisotopic (exact) mass is 207 g/mol. The van der Waals surface area contributed by atoms with Gasteiger partial charge in [0.25, 0.3) is 0 Å². The van der Waals surface area contributed by atoms with Crippen molar-refractivity contribution in [3.05, 3.63) is 18.1 Å². The Morgan fingerprint density at radius 2 is 1.93 bits per heavy atom. The standard InChI is InChI=1S/C10H17N5/c1-14-2-4-15(5-3-14)8-9-6-13-10(11)7-12-9/h6-7H,2-5,8H2,1H3,(H2,11,13). The largest absolute Gasteiger partial charge is 0.382 e. The molecule has 0 radical (unpaired) electrons. The van der Waals surface area contributed by atoms with Crippen LogP contribution in [0, 0.1) is 0 Å². The summed E-state index contributed by atoms with van der Waals surface area (Å²) in [5, 5.41) is 0. The Morgan fingerprint density at radius 1 is 1.20 bits per heavy atom. The lowest BCUT2D eigenvalue weighted by Gasteiger charge is -2.31. The fourth-order valence-electron chi connectivity index (χ4n) is 1.68. The average molecular weight is 207 g/mol. The smallest absolute Gasteiger partial charge is 0.141 e. The molecule has 0 atom stereocenters. The lowest BCUT2D eigenvalue weighted by molar-refractivity contribution is 0.147. The maximum absolute atomic E-state index is 5.48. The van der Waals surface area contributed by atoms with Gasteiger partial charge in [0, 0.05) is 32.7 Å². The minimum absolute atomic E-state index is 0.483. The van der Waals surface area contributed by atoms with Crippen molar-refractivity contribution in [2.75, 3.05) is 39.0 Å². The van der Waals surface area contributed by atoms with E-state index in [1.807, 2.05) is 0 Å². The van der Waals surface area contributed by atoms with Gasteiger partial charge in [0.15, 0.2) is 0 Å². The van der Waals surface area contributed by atoms with Crippen LogP contribution < -0.4 is 5.73 Å². The third-order valence-corrected chi connectivity index (χ3v) is 2.71. The van der Waals surface area contributed by atoms with Gasteiger partial charge in [-0.1, -0.05) is 0 Å². The van der Waals surface area contributed by atoms with Crippen LogP contribution in [-0.4, -0.2) is 53.0 Å². The topological polar surface area (TPSA) is 58.3 Å². The third-order valence-electron chi connectivity index (χ3n) is 2.71. The Kier molecular flexibility index (Phi) is 3.13. The maximum atomic E-state index is 5.48. The Labute approximate surface area is 89.9 Å². The van der Waals surface area contributed by atoms with E-state index < -0.39 is 0 Å². The number of rotatable bonds is 2. The maximum Gasteiger partial charge on any atom is 0.141 e. The quantitative estimate of drug-likeness (QED) is 0.728. The van der Waals surface area contributed by atoms with Crippen molar-refractivity contribution in [2.24, 2.45) is 0 Å². The van der Waals surface area contributed by atoms with Crippen molar-refractivity contribution in [1.82, 2.24) is 19.8 Å². The molecule has 1 aromatic heterocycles. The Bertz CT molecular complexity index is 302. The third kappa shape index (κ3) is 2.87. The van der Waals surface area contributed by atoms with E-state index in [1.165, 1.54) is 0 Å². The van der Waals surface area contributed by atoms with E-state index in [1.54, 1.807) is 12.4 Å². The summed E-state index contributed by atoms with van der Waals surface area (Å²) in [7, 11) is 2.15. The van der Waals surface area contributed by atoms with Crippen LogP contribution in [0.5, 0.6) is 0 Å². The molecule has 2 rings (SSSR count). The number of nitrogens with zero attached hydrogens (tertiary/aromatic N) is 4. The number of hydrogen-bond donors (Lipinski definition) is 1. The number of anilines is 1. The zero-order valence-electron chi connectivity index (χ0n) is 9.06. The highest BCUT2D eigenvalue weighted by molar-refractivity contribution is 5.22. The minimum atomic E-state index is 0.483. The summed E-state index contributed by atoms with van der Waals surface area (Å²) in [4.78, 5) is 13.0. The molecule has 2 heterocycles. The number of hydrogen-bond acceptors (Lipinski definition) is 5. The Hall–Kier alpha value is -1.20. The van der Waals surface area contributed by atoms with Gasteiger partial charge in [-0.3, -0.25) is 9.88 Å². The van der Waals surface area contributed by atoms with Gasteiger partial charge in [0.05, 0.1) is 18.1 Å². The highest BCUT2D eigenvalue weighted by Gasteiger charge is 2.14. The second-order valence-electron chi connectivity index (χ2n) is 4.01. The van der Waals surface area contributed by atoms with Crippen molar-refractivity contribution >= 4 is 5.82 Å². The molecule has 0 unspecified atom stereocenters. The number of nitrogens with two attached hydrogens (primary N) is 1. The van der Waals surface area contributed by atoms with Crippen molar-refractivity contribution in [3.63, 3.8) is 0 Å². The molecule has 1 saturated heterocycles. The van der Waals surface area contributed by atoms with Crippen LogP contribution in [0.2, 0.25) is 0 Å². The van der Waals surface area contributed by atoms with Gasteiger partial charge < -0.3 is 10.6 Å². The number of nitrogen functional groups attached to an aromatic ring is 1. The summed E-state index contributed by atoms with van der Waals surface area (Å²) >= 11 is 0. The molecule has 0 bridgehead atoms. The fraction of sp³-hybridized carbons (Fsp3) is 0.600. The molecule has 15 heavy (non-hydrogen) atoms. The molecule has 5 heteroatoms. The first-order chi connectivity index (χ1) is 7.24. The molecule has 0 amide bonds. The summed E-state index contributed by atoms with van der Waals surface area (Å²) in [5.41, 5.74) is 6.48. The van der Waals surface area contributed by atoms with Gasteiger partial charge in [-0.2, -0.15) is 0 Å². The van der Waals surface area contributed by atoms with Gasteiger partial charge in [-0.25, -0.2) is 4.98 Å². The van der Waals surface area contributed by atoms with Crippen molar-refractivity contribution in [3.8, 4) is 0 Å². The van der Waals surface area contributed by atoms with E-state index in [0.29, 0.717) is 5.82 Å². The molecule has 1 aliphatic heterocycles. The van der Waals surface area contributed by atoms with Crippen molar-refractivity contribution < 1.29 is 0 Å². The molecule has 0 spiro atoms. The van der Waals surface area contributed by atoms with E-state index in [-0.39, 0.29) is 0 Å². The van der Waals surface area contributed by atoms with E-state index >= 15 is 0 Å². The summed E-state index contributed by atoms with van der Waals surface area (Å²) in [5.74, 6) is 0.483. The van der Waals surface area contributed by atoms with Crippen LogP contribution in [0.15, 0.2) is 12.4 Å². The Morgan fingerprint density at radius 3 is 2.53 bits per heavy atom. The first-order valence-corrected chi connectivity index (χ1v) is 5.21. The zero-order chi connectivity index (χ0) is 10.7. The fourth-order valence-corrected chi connectivity index (χ4v) is 1.68. The second-order valence-corrected chi connectivity index (χ2v) is 4.01. The van der Waals surface area contributed by atoms with Crippen LogP contribution in [0.1, 0.15) is 5.69 Å². The van der Waals surface area contributed by atoms with Gasteiger partial charge in [0.2, 0.25) is 0 Å². The van der Waals surface area contributed by atoms with Crippen LogP contribution >= 0.6 is 0 Å². The minimum Gasteiger partial charge on any atom is -0.382 e. The van der Waals surface area contributed by atoms with Gasteiger partial charge in [-0.05, 0) is 7.05 Å². The van der Waals surface area contributed by atoms with Crippen LogP contribution in [0.25, 0.3) is 0 Å². The normalized spacial score (nSPS) is 19.3. The average Bonchev–Trinajstić information content (AvgIpc) is 2.25. The molecule has 1 aromatic rings. The molecule has 2 N–H and O–H groups in total. The van der Waals surface area contributed by atoms with Crippen LogP contribution in [-0.2, 0) is 6.54 Å². The number of piperazine rings is 1. The van der Waals surface area contributed by atoms with E-state index in [4.69, 9.17) is 5.73 Å². The zero-order valence-corrected chi connectivity index (χ0v) is 9.06. The molecule has 0 aliphatic carbocycles. The van der Waals surface area contributed by atoms with E-state index in [0.717, 1.165) is 38.4 Å². The van der Waals surface area contributed by atoms with Crippen LogP contribution in [0.4, 0.5) is 5.82 Å². The highest BCUT2D eigenvalue weighted by Crippen LogP contribution is 2.05. The lowest BCUT2D eigenvalue weighted by Crippen LogP contribution is -2.44. The second kappa shape index (κ2) is 4.55. The molecule has 1 fully saturated rings. The van der Waals surface area contributed by atoms with E-state index in [9.17, 15) is 0 Å². The van der Waals surface area contributed by atoms with Gasteiger partial charge >= 0.3 is 0 Å². The van der Waals surface area contributed by atoms with Crippen molar-refractivity contribution in [1.29, 1.82) is 0 Å². The van der Waals surface area contributed by atoms with Crippen LogP contribution in [0.3, 0.4) is 0 Å². The highest BCUT2D eigenvalue weighted by atomic mass is 15.2. The molecule has 0 saturated carbocycles. The summed E-state index contributed by atoms with van der Waals surface area (Å²) < 4.78 is 0. The number of likely N-dealkylation sites (N-methyl/N-ethyl adjacent to an activating group) is 1. The molecule has 82 valence electrons. The lowest BCUT2D eigenvalue weighted by atomic mass is 10.3. The predicted octanol–water partition coefficient (Wildman–Crippen LogP) is -0.194.